The van der Waals surface area contributed by atoms with Gasteiger partial charge in [0, 0.05) is 24.9 Å². The Hall–Kier alpha value is -4.19. The van der Waals surface area contributed by atoms with Crippen LogP contribution in [0.3, 0.4) is 0 Å². The van der Waals surface area contributed by atoms with E-state index in [0.717, 1.165) is 6.07 Å². The molecule has 3 aromatic rings. The van der Waals surface area contributed by atoms with Crippen LogP contribution in [0.4, 0.5) is 31.7 Å². The zero-order chi connectivity index (χ0) is 21.0. The second kappa shape index (κ2) is 8.22. The van der Waals surface area contributed by atoms with Crippen LogP contribution in [0, 0.1) is 23.0 Å². The normalized spacial score (nSPS) is 10.2. The Kier molecular flexibility index (Phi) is 5.55. The van der Waals surface area contributed by atoms with Crippen LogP contribution in [0.15, 0.2) is 48.7 Å². The van der Waals surface area contributed by atoms with Crippen molar-refractivity contribution in [2.75, 3.05) is 16.4 Å². The number of anilines is 4. The number of halogens is 2. The molecule has 2 aromatic carbocycles. The fourth-order valence-corrected chi connectivity index (χ4v) is 2.66. The molecule has 0 aliphatic rings. The van der Waals surface area contributed by atoms with Crippen LogP contribution in [-0.4, -0.2) is 10.9 Å². The molecule has 0 bridgehead atoms. The average molecular weight is 394 g/mol. The van der Waals surface area contributed by atoms with E-state index in [1.54, 1.807) is 12.1 Å². The van der Waals surface area contributed by atoms with E-state index >= 15 is 0 Å². The lowest BCUT2D eigenvalue weighted by Gasteiger charge is -2.14. The quantitative estimate of drug-likeness (QED) is 0.475. The minimum absolute atomic E-state index is 0.0530. The number of nitrogens with zero attached hydrogens (tertiary/aromatic N) is 2. The number of aromatic nitrogens is 1. The van der Waals surface area contributed by atoms with Crippen molar-refractivity contribution in [1.82, 2.24) is 4.98 Å². The van der Waals surface area contributed by atoms with Crippen LogP contribution in [0.5, 0.6) is 0 Å². The zero-order valence-electron chi connectivity index (χ0n) is 15.0. The third-order valence-corrected chi connectivity index (χ3v) is 4.02. The molecule has 7 nitrogen and oxygen atoms in total. The van der Waals surface area contributed by atoms with E-state index in [1.807, 2.05) is 6.07 Å². The van der Waals surface area contributed by atoms with Crippen LogP contribution in [-0.2, 0) is 6.54 Å². The van der Waals surface area contributed by atoms with Gasteiger partial charge in [-0.25, -0.2) is 13.8 Å². The predicted octanol–water partition coefficient (Wildman–Crippen LogP) is 3.27. The summed E-state index contributed by atoms with van der Waals surface area (Å²) in [5.41, 5.74) is 13.4. The highest BCUT2D eigenvalue weighted by Crippen LogP contribution is 2.26. The van der Waals surface area contributed by atoms with Crippen molar-refractivity contribution in [3.8, 4) is 6.07 Å². The van der Waals surface area contributed by atoms with Crippen molar-refractivity contribution >= 4 is 28.8 Å². The molecule has 29 heavy (non-hydrogen) atoms. The van der Waals surface area contributed by atoms with Crippen LogP contribution >= 0.6 is 0 Å². The molecule has 0 aliphatic heterocycles. The number of nitriles is 1. The standard InChI is InChI=1S/C20H16F2N6O/c21-13-3-12(4-14(22)6-13)9-26-18-7-19(27-10-15(18)20(25)29)28-17-2-1-11(8-23)5-16(17)24/h1-7,10H,9,24H2,(H2,25,29)(H2,26,27,28). The fourth-order valence-electron chi connectivity index (χ4n) is 2.66. The number of rotatable bonds is 6. The number of benzene rings is 2. The van der Waals surface area contributed by atoms with Gasteiger partial charge in [0.2, 0.25) is 0 Å². The molecule has 3 rings (SSSR count). The fraction of sp³-hybridized carbons (Fsp3) is 0.0500. The number of nitrogen functional groups attached to an aromatic ring is 1. The van der Waals surface area contributed by atoms with Crippen molar-refractivity contribution in [3.63, 3.8) is 0 Å². The first-order valence-electron chi connectivity index (χ1n) is 8.41. The van der Waals surface area contributed by atoms with Crippen molar-refractivity contribution in [2.24, 2.45) is 5.73 Å². The Bertz CT molecular complexity index is 1110. The topological polar surface area (TPSA) is 130 Å². The second-order valence-electron chi connectivity index (χ2n) is 6.15. The minimum Gasteiger partial charge on any atom is -0.397 e. The maximum atomic E-state index is 13.4. The van der Waals surface area contributed by atoms with E-state index in [2.05, 4.69) is 15.6 Å². The molecule has 0 saturated heterocycles. The van der Waals surface area contributed by atoms with Gasteiger partial charge in [0.25, 0.3) is 5.91 Å². The molecular formula is C20H16F2N6O. The Morgan fingerprint density at radius 2 is 1.83 bits per heavy atom. The number of hydrogen-bond donors (Lipinski definition) is 4. The molecule has 0 fully saturated rings. The van der Waals surface area contributed by atoms with Gasteiger partial charge in [-0.3, -0.25) is 4.79 Å². The van der Waals surface area contributed by atoms with Gasteiger partial charge in [-0.15, -0.1) is 0 Å². The van der Waals surface area contributed by atoms with Crippen molar-refractivity contribution in [2.45, 2.75) is 6.54 Å². The molecule has 0 aliphatic carbocycles. The lowest BCUT2D eigenvalue weighted by atomic mass is 10.1. The number of carbonyl (C=O) groups is 1. The number of nitrogens with two attached hydrogens (primary N) is 2. The molecular weight excluding hydrogens is 378 g/mol. The van der Waals surface area contributed by atoms with Gasteiger partial charge in [0.05, 0.1) is 34.3 Å². The molecule has 0 radical (unpaired) electrons. The highest BCUT2D eigenvalue weighted by Gasteiger charge is 2.12. The lowest BCUT2D eigenvalue weighted by Crippen LogP contribution is -2.15. The van der Waals surface area contributed by atoms with E-state index < -0.39 is 17.5 Å². The second-order valence-corrected chi connectivity index (χ2v) is 6.15. The molecule has 0 unspecified atom stereocenters. The molecule has 0 saturated carbocycles. The third-order valence-electron chi connectivity index (χ3n) is 4.02. The third kappa shape index (κ3) is 4.75. The largest absolute Gasteiger partial charge is 0.397 e. The van der Waals surface area contributed by atoms with Crippen molar-refractivity contribution in [3.05, 3.63) is 77.0 Å². The molecule has 0 atom stereocenters. The number of nitrogens with one attached hydrogen (secondary N) is 2. The SMILES string of the molecule is N#Cc1ccc(Nc2cc(NCc3cc(F)cc(F)c3)c(C(N)=O)cn2)c(N)c1. The first-order chi connectivity index (χ1) is 13.9. The van der Waals surface area contributed by atoms with Gasteiger partial charge >= 0.3 is 0 Å². The highest BCUT2D eigenvalue weighted by atomic mass is 19.1. The van der Waals surface area contributed by atoms with E-state index in [1.165, 1.54) is 30.5 Å². The van der Waals surface area contributed by atoms with Gasteiger partial charge in [0.1, 0.15) is 17.5 Å². The Morgan fingerprint density at radius 3 is 2.45 bits per heavy atom. The highest BCUT2D eigenvalue weighted by molar-refractivity contribution is 5.98. The number of carbonyl (C=O) groups excluding carboxylic acids is 1. The molecule has 1 heterocycles. The molecule has 146 valence electrons. The maximum Gasteiger partial charge on any atom is 0.252 e. The first-order valence-corrected chi connectivity index (χ1v) is 8.41. The van der Waals surface area contributed by atoms with Gasteiger partial charge in [0.15, 0.2) is 0 Å². The summed E-state index contributed by atoms with van der Waals surface area (Å²) in [5.74, 6) is -1.77. The number of hydrogen-bond acceptors (Lipinski definition) is 6. The van der Waals surface area contributed by atoms with Gasteiger partial charge in [-0.2, -0.15) is 5.26 Å². The van der Waals surface area contributed by atoms with Crippen LogP contribution in [0.25, 0.3) is 0 Å². The van der Waals surface area contributed by atoms with Crippen molar-refractivity contribution < 1.29 is 13.6 Å². The van der Waals surface area contributed by atoms with E-state index in [9.17, 15) is 13.6 Å². The van der Waals surface area contributed by atoms with Crippen molar-refractivity contribution in [1.29, 1.82) is 5.26 Å². The van der Waals surface area contributed by atoms with Gasteiger partial charge < -0.3 is 22.1 Å². The first kappa shape index (κ1) is 19.6. The molecule has 0 spiro atoms. The Labute approximate surface area is 165 Å². The van der Waals surface area contributed by atoms with Gasteiger partial charge in [-0.05, 0) is 35.9 Å². The van der Waals surface area contributed by atoms with Crippen LogP contribution < -0.4 is 22.1 Å². The maximum absolute atomic E-state index is 13.4. The Morgan fingerprint density at radius 1 is 1.10 bits per heavy atom. The van der Waals surface area contributed by atoms with Crippen LogP contribution in [0.1, 0.15) is 21.5 Å². The smallest absolute Gasteiger partial charge is 0.252 e. The summed E-state index contributed by atoms with van der Waals surface area (Å²) < 4.78 is 26.7. The average Bonchev–Trinajstić information content (AvgIpc) is 2.67. The number of pyridine rings is 1. The Balaban J connectivity index is 1.86. The molecule has 1 aromatic heterocycles. The lowest BCUT2D eigenvalue weighted by molar-refractivity contribution is 0.100. The zero-order valence-corrected chi connectivity index (χ0v) is 15.0. The molecule has 9 heteroatoms. The summed E-state index contributed by atoms with van der Waals surface area (Å²) in [6.07, 6.45) is 1.28. The summed E-state index contributed by atoms with van der Waals surface area (Å²) in [6.45, 7) is 0.0530. The summed E-state index contributed by atoms with van der Waals surface area (Å²) in [5, 5.41) is 14.8. The predicted molar refractivity (Wildman–Crippen MR) is 105 cm³/mol. The van der Waals surface area contributed by atoms with Crippen LogP contribution in [0.2, 0.25) is 0 Å². The summed E-state index contributed by atoms with van der Waals surface area (Å²) in [6, 6.07) is 11.4. The monoisotopic (exact) mass is 394 g/mol. The molecule has 6 N–H and O–H groups in total. The summed E-state index contributed by atoms with van der Waals surface area (Å²) in [7, 11) is 0. The number of amides is 1. The van der Waals surface area contributed by atoms with Gasteiger partial charge in [-0.1, -0.05) is 0 Å². The van der Waals surface area contributed by atoms with E-state index in [4.69, 9.17) is 16.7 Å². The molecule has 1 amide bonds. The summed E-state index contributed by atoms with van der Waals surface area (Å²) >= 11 is 0. The summed E-state index contributed by atoms with van der Waals surface area (Å²) in [4.78, 5) is 15.8. The van der Waals surface area contributed by atoms with E-state index in [-0.39, 0.29) is 12.1 Å². The van der Waals surface area contributed by atoms with E-state index in [0.29, 0.717) is 34.0 Å². The minimum atomic E-state index is -0.713. The number of primary amides is 1.